The summed E-state index contributed by atoms with van der Waals surface area (Å²) in [6, 6.07) is 0. The number of hydrogen-bond donors (Lipinski definition) is 3. The molecule has 0 fully saturated rings. The van der Waals surface area contributed by atoms with E-state index in [1.165, 1.54) is 0 Å². The van der Waals surface area contributed by atoms with Crippen LogP contribution in [0.3, 0.4) is 0 Å². The quantitative estimate of drug-likeness (QED) is 0.568. The Bertz CT molecular complexity index is 43.9. The van der Waals surface area contributed by atoms with Crippen LogP contribution in [-0.4, -0.2) is 33.6 Å². The van der Waals surface area contributed by atoms with Crippen molar-refractivity contribution in [3.05, 3.63) is 0 Å². The topological polar surface area (TPSA) is 60.7 Å². The molecule has 0 saturated heterocycles. The van der Waals surface area contributed by atoms with E-state index < -0.39 is 0 Å². The second kappa shape index (κ2) is 23.4. The van der Waals surface area contributed by atoms with Crippen molar-refractivity contribution in [3.8, 4) is 0 Å². The molecule has 0 unspecified atom stereocenters. The monoisotopic (exact) mass is 243 g/mol. The van der Waals surface area contributed by atoms with Crippen LogP contribution in [-0.2, 0) is 20.4 Å². The third-order valence-corrected chi connectivity index (χ3v) is 0. The third kappa shape index (κ3) is 4790. The zero-order chi connectivity index (χ0) is 12.7. The number of hydrogen-bond acceptors (Lipinski definition) is 3. The minimum atomic E-state index is -0.167. The van der Waals surface area contributed by atoms with Crippen molar-refractivity contribution in [1.29, 1.82) is 0 Å². The first-order valence-electron chi connectivity index (χ1n) is 4.74. The average molecular weight is 243 g/mol. The van der Waals surface area contributed by atoms with E-state index in [1.807, 2.05) is 25.7 Å². The van der Waals surface area contributed by atoms with Crippen LogP contribution in [0, 0.1) is 0 Å². The Morgan fingerprint density at radius 2 is 0.571 bits per heavy atom. The predicted molar refractivity (Wildman–Crippen MR) is 57.9 cm³/mol. The number of aliphatic hydroxyl groups is 3. The molecule has 0 aromatic heterocycles. The van der Waals surface area contributed by atoms with E-state index in [9.17, 15) is 0 Å². The first kappa shape index (κ1) is 24.0. The number of aliphatic hydroxyl groups excluding tert-OH is 3. The molecule has 14 heavy (non-hydrogen) atoms. The van der Waals surface area contributed by atoms with Gasteiger partial charge in [-0.1, -0.05) is 0 Å². The van der Waals surface area contributed by atoms with Crippen LogP contribution >= 0.6 is 0 Å². The second-order valence-electron chi connectivity index (χ2n) is 3.28. The van der Waals surface area contributed by atoms with Crippen LogP contribution in [0.1, 0.15) is 41.5 Å². The Balaban J connectivity index is -0.0000000492. The average Bonchev–Trinajstić information content (AvgIpc) is 1.86. The summed E-state index contributed by atoms with van der Waals surface area (Å²) in [4.78, 5) is 0. The normalized spacial score (nSPS) is 8.00. The van der Waals surface area contributed by atoms with Gasteiger partial charge < -0.3 is 15.3 Å². The molecule has 0 radical (unpaired) electrons. The third-order valence-electron chi connectivity index (χ3n) is 0. The molecule has 89 valence electrons. The summed E-state index contributed by atoms with van der Waals surface area (Å²) in [5.74, 6) is 0. The van der Waals surface area contributed by atoms with Crippen LogP contribution in [0.4, 0.5) is 0 Å². The molecule has 0 spiro atoms. The van der Waals surface area contributed by atoms with Gasteiger partial charge in [-0.25, -0.2) is 0 Å². The van der Waals surface area contributed by atoms with Gasteiger partial charge in [0, 0.05) is 18.3 Å². The molecule has 4 heteroatoms. The Morgan fingerprint density at radius 1 is 0.571 bits per heavy atom. The molecule has 3 N–H and O–H groups in total. The van der Waals surface area contributed by atoms with Gasteiger partial charge in [0.05, 0.1) is 0 Å². The molecular weight excluding hydrogens is 216 g/mol. The van der Waals surface area contributed by atoms with Crippen LogP contribution in [0.5, 0.6) is 0 Å². The van der Waals surface area contributed by atoms with Gasteiger partial charge in [-0.2, -0.15) is 0 Å². The molecule has 0 aromatic rings. The van der Waals surface area contributed by atoms with Crippen molar-refractivity contribution in [3.63, 3.8) is 0 Å². The summed E-state index contributed by atoms with van der Waals surface area (Å²) in [6.07, 6.45) is -0.500. The predicted octanol–water partition coefficient (Wildman–Crippen LogP) is 1.74. The molecule has 0 heterocycles. The number of rotatable bonds is 0. The Morgan fingerprint density at radius 3 is 0.571 bits per heavy atom. The van der Waals surface area contributed by atoms with Crippen molar-refractivity contribution in [2.24, 2.45) is 0 Å². The Kier molecular flexibility index (Phi) is 40.2. The maximum absolute atomic E-state index is 8.06. The van der Waals surface area contributed by atoms with Crippen LogP contribution in [0.25, 0.3) is 0 Å². The standard InChI is InChI=1S/3C3H8O.CH3.Ti/c3*1-3(2)4;;/h3*3-4H,1-2H3;1H3;. The van der Waals surface area contributed by atoms with Gasteiger partial charge in [0.15, 0.2) is 0 Å². The fourth-order valence-electron chi connectivity index (χ4n) is 0. The SMILES string of the molecule is CC(C)O.CC(C)O.CC(C)O.[CH3][Ti]. The molecule has 0 amide bonds. The van der Waals surface area contributed by atoms with Crippen molar-refractivity contribution >= 4 is 0 Å². The molecule has 0 aromatic carbocycles. The van der Waals surface area contributed by atoms with E-state index in [0.29, 0.717) is 0 Å². The van der Waals surface area contributed by atoms with Crippen molar-refractivity contribution in [1.82, 2.24) is 0 Å². The fourth-order valence-corrected chi connectivity index (χ4v) is 0. The molecule has 0 saturated carbocycles. The van der Waals surface area contributed by atoms with E-state index in [4.69, 9.17) is 15.3 Å². The van der Waals surface area contributed by atoms with Gasteiger partial charge in [-0.05, 0) is 41.5 Å². The second-order valence-corrected chi connectivity index (χ2v) is 3.28. The Labute approximate surface area is 101 Å². The van der Waals surface area contributed by atoms with Gasteiger partial charge >= 0.3 is 25.7 Å². The zero-order valence-electron chi connectivity index (χ0n) is 10.6. The van der Waals surface area contributed by atoms with Gasteiger partial charge in [0.2, 0.25) is 0 Å². The minimum absolute atomic E-state index is 0.167. The van der Waals surface area contributed by atoms with Crippen LogP contribution in [0.15, 0.2) is 0 Å². The summed E-state index contributed by atoms with van der Waals surface area (Å²) in [5.41, 5.74) is 0. The molecule has 0 rings (SSSR count). The first-order valence-corrected chi connectivity index (χ1v) is 6.30. The zero-order valence-corrected chi connectivity index (χ0v) is 12.1. The van der Waals surface area contributed by atoms with E-state index >= 15 is 0 Å². The summed E-state index contributed by atoms with van der Waals surface area (Å²) in [5, 5.41) is 26.2. The van der Waals surface area contributed by atoms with Gasteiger partial charge in [0.1, 0.15) is 0 Å². The van der Waals surface area contributed by atoms with Crippen molar-refractivity contribution in [2.45, 2.75) is 65.1 Å². The molecule has 0 aliphatic rings. The summed E-state index contributed by atoms with van der Waals surface area (Å²) < 4.78 is 0. The molecular formula is C10H27O3Ti. The van der Waals surface area contributed by atoms with Gasteiger partial charge in [-0.15, -0.1) is 0 Å². The maximum atomic E-state index is 8.06. The molecule has 0 aliphatic heterocycles. The van der Waals surface area contributed by atoms with Crippen LogP contribution < -0.4 is 0 Å². The molecule has 0 aliphatic carbocycles. The van der Waals surface area contributed by atoms with Gasteiger partial charge in [0.25, 0.3) is 0 Å². The molecule has 0 bridgehead atoms. The van der Waals surface area contributed by atoms with Gasteiger partial charge in [-0.3, -0.25) is 0 Å². The fraction of sp³-hybridized carbons (Fsp3) is 1.00. The van der Waals surface area contributed by atoms with E-state index in [1.54, 1.807) is 41.5 Å². The van der Waals surface area contributed by atoms with Crippen molar-refractivity contribution in [2.75, 3.05) is 0 Å². The summed E-state index contributed by atoms with van der Waals surface area (Å²) >= 11 is 2.00. The van der Waals surface area contributed by atoms with Crippen LogP contribution in [0.2, 0.25) is 5.23 Å². The summed E-state index contributed by atoms with van der Waals surface area (Å²) in [6.45, 7) is 10.3. The van der Waals surface area contributed by atoms with Crippen molar-refractivity contribution < 1.29 is 35.8 Å². The first-order chi connectivity index (χ1) is 6.20. The summed E-state index contributed by atoms with van der Waals surface area (Å²) in [7, 11) is 0. The van der Waals surface area contributed by atoms with E-state index in [0.717, 1.165) is 0 Å². The van der Waals surface area contributed by atoms with E-state index in [-0.39, 0.29) is 18.3 Å². The Hall–Kier alpha value is 0.594. The van der Waals surface area contributed by atoms with E-state index in [2.05, 4.69) is 0 Å². The molecule has 3 nitrogen and oxygen atoms in total. The molecule has 0 atom stereocenters.